The van der Waals surface area contributed by atoms with Crippen molar-refractivity contribution in [3.05, 3.63) is 29.8 Å². The fourth-order valence-corrected chi connectivity index (χ4v) is 1.06. The highest BCUT2D eigenvalue weighted by Gasteiger charge is 2.07. The van der Waals surface area contributed by atoms with E-state index in [1.165, 1.54) is 0 Å². The number of carbonyl (C=O) groups is 1. The van der Waals surface area contributed by atoms with E-state index in [0.29, 0.717) is 5.56 Å². The van der Waals surface area contributed by atoms with Crippen LogP contribution in [0.15, 0.2) is 24.3 Å². The Balaban J connectivity index is 2.71. The zero-order valence-corrected chi connectivity index (χ0v) is 8.70. The zero-order chi connectivity index (χ0) is 10.6. The second-order valence-electron chi connectivity index (χ2n) is 3.28. The van der Waals surface area contributed by atoms with Crippen LogP contribution in [0.2, 0.25) is 0 Å². The monoisotopic (exact) mass is 193 g/mol. The summed E-state index contributed by atoms with van der Waals surface area (Å²) in [6.07, 6.45) is -0.0773. The van der Waals surface area contributed by atoms with Crippen molar-refractivity contribution in [1.82, 2.24) is 0 Å². The Bertz CT molecular complexity index is 304. The van der Waals surface area contributed by atoms with E-state index in [1.54, 1.807) is 12.1 Å². The lowest BCUT2D eigenvalue weighted by atomic mass is 10.2. The van der Waals surface area contributed by atoms with Crippen molar-refractivity contribution in [2.75, 3.05) is 12.4 Å². The van der Waals surface area contributed by atoms with E-state index in [4.69, 9.17) is 4.74 Å². The number of hydrogen-bond acceptors (Lipinski definition) is 3. The van der Waals surface area contributed by atoms with Gasteiger partial charge in [0.1, 0.15) is 0 Å². The second-order valence-corrected chi connectivity index (χ2v) is 3.28. The van der Waals surface area contributed by atoms with Gasteiger partial charge in [0.05, 0.1) is 11.7 Å². The predicted molar refractivity (Wildman–Crippen MR) is 56.5 cm³/mol. The average Bonchev–Trinajstić information content (AvgIpc) is 2.17. The van der Waals surface area contributed by atoms with Crippen LogP contribution in [-0.2, 0) is 4.74 Å². The standard InChI is InChI=1S/C11H15NO2/c1-8(2)14-11(13)9-4-6-10(12-3)7-5-9/h4-8,12H,1-3H3. The third-order valence-corrected chi connectivity index (χ3v) is 1.75. The summed E-state index contributed by atoms with van der Waals surface area (Å²) in [6.45, 7) is 3.67. The fourth-order valence-electron chi connectivity index (χ4n) is 1.06. The molecule has 0 unspecified atom stereocenters. The maximum absolute atomic E-state index is 11.4. The summed E-state index contributed by atoms with van der Waals surface area (Å²) in [6, 6.07) is 7.18. The minimum Gasteiger partial charge on any atom is -0.459 e. The molecule has 0 heterocycles. The SMILES string of the molecule is CNc1ccc(C(=O)OC(C)C)cc1. The molecule has 0 saturated carbocycles. The summed E-state index contributed by atoms with van der Waals surface area (Å²) in [5.41, 5.74) is 1.56. The van der Waals surface area contributed by atoms with Gasteiger partial charge in [-0.25, -0.2) is 4.79 Å². The first-order valence-electron chi connectivity index (χ1n) is 4.62. The third-order valence-electron chi connectivity index (χ3n) is 1.75. The van der Waals surface area contributed by atoms with E-state index < -0.39 is 0 Å². The van der Waals surface area contributed by atoms with Crippen molar-refractivity contribution in [3.8, 4) is 0 Å². The van der Waals surface area contributed by atoms with E-state index in [2.05, 4.69) is 5.32 Å². The number of ether oxygens (including phenoxy) is 1. The van der Waals surface area contributed by atoms with E-state index in [-0.39, 0.29) is 12.1 Å². The molecule has 0 aliphatic carbocycles. The molecule has 1 aromatic rings. The molecule has 0 bridgehead atoms. The molecule has 0 radical (unpaired) electrons. The molecule has 0 saturated heterocycles. The summed E-state index contributed by atoms with van der Waals surface area (Å²) in [5, 5.41) is 2.98. The van der Waals surface area contributed by atoms with Crippen molar-refractivity contribution < 1.29 is 9.53 Å². The number of rotatable bonds is 3. The van der Waals surface area contributed by atoms with Gasteiger partial charge in [-0.2, -0.15) is 0 Å². The highest BCUT2D eigenvalue weighted by atomic mass is 16.5. The Hall–Kier alpha value is -1.51. The van der Waals surface area contributed by atoms with Crippen LogP contribution in [-0.4, -0.2) is 19.1 Å². The number of esters is 1. The molecule has 3 nitrogen and oxygen atoms in total. The van der Waals surface area contributed by atoms with Crippen molar-refractivity contribution >= 4 is 11.7 Å². The molecule has 0 amide bonds. The van der Waals surface area contributed by atoms with Crippen LogP contribution >= 0.6 is 0 Å². The topological polar surface area (TPSA) is 38.3 Å². The van der Waals surface area contributed by atoms with Crippen molar-refractivity contribution in [2.45, 2.75) is 20.0 Å². The summed E-state index contributed by atoms with van der Waals surface area (Å²) in [4.78, 5) is 11.4. The number of carbonyl (C=O) groups excluding carboxylic acids is 1. The van der Waals surface area contributed by atoms with Crippen LogP contribution in [0.1, 0.15) is 24.2 Å². The summed E-state index contributed by atoms with van der Waals surface area (Å²) < 4.78 is 5.05. The fraction of sp³-hybridized carbons (Fsp3) is 0.364. The van der Waals surface area contributed by atoms with Crippen LogP contribution in [0.25, 0.3) is 0 Å². The molecule has 0 spiro atoms. The second kappa shape index (κ2) is 4.65. The van der Waals surface area contributed by atoms with Crippen molar-refractivity contribution in [3.63, 3.8) is 0 Å². The first kappa shape index (κ1) is 10.6. The number of nitrogens with one attached hydrogen (secondary N) is 1. The molecule has 14 heavy (non-hydrogen) atoms. The largest absolute Gasteiger partial charge is 0.459 e. The Morgan fingerprint density at radius 3 is 2.29 bits per heavy atom. The van der Waals surface area contributed by atoms with Gasteiger partial charge in [0.15, 0.2) is 0 Å². The van der Waals surface area contributed by atoms with Crippen LogP contribution in [0.5, 0.6) is 0 Å². The predicted octanol–water partition coefficient (Wildman–Crippen LogP) is 2.29. The quantitative estimate of drug-likeness (QED) is 0.748. The number of anilines is 1. The van der Waals surface area contributed by atoms with Crippen LogP contribution < -0.4 is 5.32 Å². The maximum Gasteiger partial charge on any atom is 0.338 e. The van der Waals surface area contributed by atoms with Gasteiger partial charge in [-0.1, -0.05) is 0 Å². The van der Waals surface area contributed by atoms with Crippen LogP contribution in [0.3, 0.4) is 0 Å². The first-order valence-corrected chi connectivity index (χ1v) is 4.62. The Labute approximate surface area is 84.1 Å². The zero-order valence-electron chi connectivity index (χ0n) is 8.70. The molecular formula is C11H15NO2. The molecule has 0 fully saturated rings. The van der Waals surface area contributed by atoms with Gasteiger partial charge in [0.25, 0.3) is 0 Å². The summed E-state index contributed by atoms with van der Waals surface area (Å²) >= 11 is 0. The minimum absolute atomic E-state index is 0.0773. The molecule has 0 atom stereocenters. The van der Waals surface area contributed by atoms with Gasteiger partial charge >= 0.3 is 5.97 Å². The molecule has 76 valence electrons. The highest BCUT2D eigenvalue weighted by Crippen LogP contribution is 2.10. The Morgan fingerprint density at radius 2 is 1.86 bits per heavy atom. The minimum atomic E-state index is -0.275. The number of benzene rings is 1. The van der Waals surface area contributed by atoms with Gasteiger partial charge < -0.3 is 10.1 Å². The summed E-state index contributed by atoms with van der Waals surface area (Å²) in [5.74, 6) is -0.275. The molecule has 0 aliphatic heterocycles. The van der Waals surface area contributed by atoms with Crippen molar-refractivity contribution in [1.29, 1.82) is 0 Å². The molecule has 0 aromatic heterocycles. The van der Waals surface area contributed by atoms with Gasteiger partial charge in [-0.15, -0.1) is 0 Å². The average molecular weight is 193 g/mol. The summed E-state index contributed by atoms with van der Waals surface area (Å²) in [7, 11) is 1.83. The Morgan fingerprint density at radius 1 is 1.29 bits per heavy atom. The van der Waals surface area contributed by atoms with Gasteiger partial charge in [-0.3, -0.25) is 0 Å². The molecule has 3 heteroatoms. The molecule has 1 N–H and O–H groups in total. The third kappa shape index (κ3) is 2.76. The lowest BCUT2D eigenvalue weighted by Gasteiger charge is -2.08. The van der Waals surface area contributed by atoms with Gasteiger partial charge in [-0.05, 0) is 38.1 Å². The molecular weight excluding hydrogens is 178 g/mol. The van der Waals surface area contributed by atoms with E-state index in [0.717, 1.165) is 5.69 Å². The van der Waals surface area contributed by atoms with Gasteiger partial charge in [0, 0.05) is 12.7 Å². The van der Waals surface area contributed by atoms with Crippen LogP contribution in [0, 0.1) is 0 Å². The smallest absolute Gasteiger partial charge is 0.338 e. The highest BCUT2D eigenvalue weighted by molar-refractivity contribution is 5.89. The lowest BCUT2D eigenvalue weighted by Crippen LogP contribution is -2.11. The normalized spacial score (nSPS) is 10.0. The Kier molecular flexibility index (Phi) is 3.51. The lowest BCUT2D eigenvalue weighted by molar-refractivity contribution is 0.0378. The van der Waals surface area contributed by atoms with E-state index >= 15 is 0 Å². The maximum atomic E-state index is 11.4. The van der Waals surface area contributed by atoms with Crippen LogP contribution in [0.4, 0.5) is 5.69 Å². The van der Waals surface area contributed by atoms with Crippen molar-refractivity contribution in [2.24, 2.45) is 0 Å². The van der Waals surface area contributed by atoms with E-state index in [1.807, 2.05) is 33.0 Å². The van der Waals surface area contributed by atoms with Gasteiger partial charge in [0.2, 0.25) is 0 Å². The number of hydrogen-bond donors (Lipinski definition) is 1. The molecule has 1 aromatic carbocycles. The first-order chi connectivity index (χ1) is 6.63. The molecule has 1 rings (SSSR count). The van der Waals surface area contributed by atoms with E-state index in [9.17, 15) is 4.79 Å². The molecule has 0 aliphatic rings.